The summed E-state index contributed by atoms with van der Waals surface area (Å²) in [5, 5.41) is 3.79. The van der Waals surface area contributed by atoms with Crippen LogP contribution < -0.4 is 10.2 Å². The molecule has 1 fully saturated rings. The molecule has 5 rings (SSSR count). The average molecular weight is 371 g/mol. The average Bonchev–Trinajstić information content (AvgIpc) is 3.08. The Bertz CT molecular complexity index is 920. The molecule has 1 atom stereocenters. The van der Waals surface area contributed by atoms with Crippen LogP contribution in [0.2, 0.25) is 0 Å². The third-order valence-electron chi connectivity index (χ3n) is 6.33. The maximum Gasteiger partial charge on any atom is 0.225 e. The maximum atomic E-state index is 4.44. The van der Waals surface area contributed by atoms with E-state index in [1.54, 1.807) is 0 Å². The fourth-order valence-corrected chi connectivity index (χ4v) is 4.88. The fraction of sp³-hybridized carbons (Fsp3) is 0.348. The van der Waals surface area contributed by atoms with Gasteiger partial charge >= 0.3 is 0 Å². The SMILES string of the molecule is c1cnc(N2CCC3(CC2)CC(NCc2cccnc2)c2ccccc23)nc1. The number of hydrogen-bond acceptors (Lipinski definition) is 5. The first-order valence-corrected chi connectivity index (χ1v) is 10.1. The summed E-state index contributed by atoms with van der Waals surface area (Å²) in [6.07, 6.45) is 10.9. The Morgan fingerprint density at radius 1 is 0.964 bits per heavy atom. The highest BCUT2D eigenvalue weighted by molar-refractivity contribution is 5.44. The molecule has 0 radical (unpaired) electrons. The molecule has 1 unspecified atom stereocenters. The first-order valence-electron chi connectivity index (χ1n) is 10.1. The summed E-state index contributed by atoms with van der Waals surface area (Å²) in [4.78, 5) is 15.4. The minimum Gasteiger partial charge on any atom is -0.341 e. The number of hydrogen-bond donors (Lipinski definition) is 1. The molecule has 1 saturated heterocycles. The van der Waals surface area contributed by atoms with Crippen molar-refractivity contribution >= 4 is 5.95 Å². The van der Waals surface area contributed by atoms with Crippen molar-refractivity contribution in [1.29, 1.82) is 0 Å². The Hall–Kier alpha value is -2.79. The topological polar surface area (TPSA) is 53.9 Å². The van der Waals surface area contributed by atoms with E-state index in [1.165, 1.54) is 16.7 Å². The van der Waals surface area contributed by atoms with Gasteiger partial charge in [-0.2, -0.15) is 0 Å². The highest BCUT2D eigenvalue weighted by Crippen LogP contribution is 2.50. The predicted octanol–water partition coefficient (Wildman–Crippen LogP) is 3.64. The number of anilines is 1. The van der Waals surface area contributed by atoms with Gasteiger partial charge in [-0.05, 0) is 48.1 Å². The molecule has 1 aliphatic heterocycles. The van der Waals surface area contributed by atoms with Gasteiger partial charge in [0.1, 0.15) is 0 Å². The first-order chi connectivity index (χ1) is 13.8. The van der Waals surface area contributed by atoms with Crippen LogP contribution in [0.4, 0.5) is 5.95 Å². The Kier molecular flexibility index (Phi) is 4.53. The summed E-state index contributed by atoms with van der Waals surface area (Å²) in [6.45, 7) is 2.87. The van der Waals surface area contributed by atoms with E-state index in [0.29, 0.717) is 6.04 Å². The van der Waals surface area contributed by atoms with Crippen LogP contribution in [-0.4, -0.2) is 28.0 Å². The van der Waals surface area contributed by atoms with Crippen LogP contribution >= 0.6 is 0 Å². The molecule has 0 amide bonds. The van der Waals surface area contributed by atoms with Crippen molar-refractivity contribution in [3.63, 3.8) is 0 Å². The Morgan fingerprint density at radius 2 is 1.79 bits per heavy atom. The molecule has 1 N–H and O–H groups in total. The molecule has 0 bridgehead atoms. The molecule has 142 valence electrons. The lowest BCUT2D eigenvalue weighted by atomic mass is 9.73. The molecule has 1 aromatic carbocycles. The minimum atomic E-state index is 0.258. The fourth-order valence-electron chi connectivity index (χ4n) is 4.88. The molecule has 28 heavy (non-hydrogen) atoms. The first kappa shape index (κ1) is 17.3. The van der Waals surface area contributed by atoms with Crippen LogP contribution in [0.3, 0.4) is 0 Å². The zero-order chi connectivity index (χ0) is 18.8. The van der Waals surface area contributed by atoms with Gasteiger partial charge in [0, 0.05) is 55.9 Å². The normalized spacial score (nSPS) is 20.3. The number of benzene rings is 1. The molecule has 1 spiro atoms. The molecule has 0 saturated carbocycles. The minimum absolute atomic E-state index is 0.258. The lowest BCUT2D eigenvalue weighted by Gasteiger charge is -2.40. The monoisotopic (exact) mass is 371 g/mol. The van der Waals surface area contributed by atoms with Crippen molar-refractivity contribution in [3.05, 3.63) is 83.9 Å². The van der Waals surface area contributed by atoms with Crippen LogP contribution in [-0.2, 0) is 12.0 Å². The zero-order valence-corrected chi connectivity index (χ0v) is 16.0. The van der Waals surface area contributed by atoms with Gasteiger partial charge in [-0.3, -0.25) is 4.98 Å². The summed E-state index contributed by atoms with van der Waals surface area (Å²) < 4.78 is 0. The molecular weight excluding hydrogens is 346 g/mol. The van der Waals surface area contributed by atoms with Crippen LogP contribution in [0.15, 0.2) is 67.3 Å². The van der Waals surface area contributed by atoms with Gasteiger partial charge in [0.25, 0.3) is 0 Å². The second kappa shape index (κ2) is 7.32. The summed E-state index contributed by atoms with van der Waals surface area (Å²) in [7, 11) is 0. The van der Waals surface area contributed by atoms with Gasteiger partial charge < -0.3 is 10.2 Å². The molecular formula is C23H25N5. The third-order valence-corrected chi connectivity index (χ3v) is 6.33. The molecule has 3 aromatic rings. The van der Waals surface area contributed by atoms with Crippen LogP contribution in [0.1, 0.15) is 42.0 Å². The third kappa shape index (κ3) is 3.16. The van der Waals surface area contributed by atoms with Gasteiger partial charge in [0.05, 0.1) is 0 Å². The number of fused-ring (bicyclic) bond motifs is 2. The lowest BCUT2D eigenvalue weighted by molar-refractivity contribution is 0.299. The van der Waals surface area contributed by atoms with E-state index < -0.39 is 0 Å². The molecule has 5 heteroatoms. The lowest BCUT2D eigenvalue weighted by Crippen LogP contribution is -2.42. The second-order valence-corrected chi connectivity index (χ2v) is 7.90. The van der Waals surface area contributed by atoms with E-state index in [4.69, 9.17) is 0 Å². The summed E-state index contributed by atoms with van der Waals surface area (Å²) in [6, 6.07) is 15.4. The summed E-state index contributed by atoms with van der Waals surface area (Å²) in [5.41, 5.74) is 4.49. The van der Waals surface area contributed by atoms with Gasteiger partial charge in [-0.25, -0.2) is 9.97 Å². The number of piperidine rings is 1. The van der Waals surface area contributed by atoms with Crippen molar-refractivity contribution in [2.75, 3.05) is 18.0 Å². The van der Waals surface area contributed by atoms with E-state index in [1.807, 2.05) is 36.9 Å². The Labute approximate surface area is 165 Å². The van der Waals surface area contributed by atoms with Crippen LogP contribution in [0, 0.1) is 0 Å². The molecule has 1 aliphatic carbocycles. The number of pyridine rings is 1. The van der Waals surface area contributed by atoms with Crippen molar-refractivity contribution in [2.45, 2.75) is 37.3 Å². The quantitative estimate of drug-likeness (QED) is 0.759. The van der Waals surface area contributed by atoms with Gasteiger partial charge in [0.2, 0.25) is 5.95 Å². The van der Waals surface area contributed by atoms with Crippen LogP contribution in [0.25, 0.3) is 0 Å². The van der Waals surface area contributed by atoms with Crippen LogP contribution in [0.5, 0.6) is 0 Å². The smallest absolute Gasteiger partial charge is 0.225 e. The predicted molar refractivity (Wildman–Crippen MR) is 110 cm³/mol. The van der Waals surface area contributed by atoms with Crippen molar-refractivity contribution < 1.29 is 0 Å². The Morgan fingerprint density at radius 3 is 2.57 bits per heavy atom. The van der Waals surface area contributed by atoms with E-state index in [2.05, 4.69) is 55.5 Å². The maximum absolute atomic E-state index is 4.44. The Balaban J connectivity index is 1.33. The molecule has 2 aromatic heterocycles. The summed E-state index contributed by atoms with van der Waals surface area (Å²) in [5.74, 6) is 0.856. The number of aromatic nitrogens is 3. The van der Waals surface area contributed by atoms with E-state index in [-0.39, 0.29) is 5.41 Å². The number of nitrogens with zero attached hydrogens (tertiary/aromatic N) is 4. The van der Waals surface area contributed by atoms with Gasteiger partial charge in [-0.15, -0.1) is 0 Å². The second-order valence-electron chi connectivity index (χ2n) is 7.90. The van der Waals surface area contributed by atoms with Crippen molar-refractivity contribution in [2.24, 2.45) is 0 Å². The molecule has 5 nitrogen and oxygen atoms in total. The van der Waals surface area contributed by atoms with E-state index in [9.17, 15) is 0 Å². The summed E-state index contributed by atoms with van der Waals surface area (Å²) >= 11 is 0. The van der Waals surface area contributed by atoms with Crippen molar-refractivity contribution in [1.82, 2.24) is 20.3 Å². The molecule has 2 aliphatic rings. The highest BCUT2D eigenvalue weighted by Gasteiger charge is 2.45. The molecule has 3 heterocycles. The van der Waals surface area contributed by atoms with Gasteiger partial charge in [-0.1, -0.05) is 30.3 Å². The number of rotatable bonds is 4. The van der Waals surface area contributed by atoms with Gasteiger partial charge in [0.15, 0.2) is 0 Å². The zero-order valence-electron chi connectivity index (χ0n) is 16.0. The van der Waals surface area contributed by atoms with E-state index >= 15 is 0 Å². The van der Waals surface area contributed by atoms with E-state index in [0.717, 1.165) is 44.8 Å². The van der Waals surface area contributed by atoms with Crippen molar-refractivity contribution in [3.8, 4) is 0 Å². The standard InChI is InChI=1S/C23H25N5/c1-2-7-20-19(6-1)21(27-17-18-5-3-10-24-16-18)15-23(20)8-13-28(14-9-23)22-25-11-4-12-26-22/h1-7,10-12,16,21,27H,8-9,13-15,17H2. The highest BCUT2D eigenvalue weighted by atomic mass is 15.2. The number of nitrogens with one attached hydrogen (secondary N) is 1. The largest absolute Gasteiger partial charge is 0.341 e.